The minimum Gasteiger partial charge on any atom is -0.393 e. The molecule has 0 radical (unpaired) electrons. The molecule has 4 saturated carbocycles. The van der Waals surface area contributed by atoms with E-state index in [-0.39, 0.29) is 11.7 Å². The third-order valence-electron chi connectivity index (χ3n) is 10.5. The van der Waals surface area contributed by atoms with Crippen molar-refractivity contribution in [2.24, 2.45) is 34.5 Å². The average molecular weight is 447 g/mol. The van der Waals surface area contributed by atoms with Crippen molar-refractivity contribution in [3.8, 4) is 0 Å². The highest BCUT2D eigenvalue weighted by molar-refractivity contribution is 5.25. The standard InChI is InChI=1S/C26H42O2.2C2H6/c1-24-14-11-23-21(8-6-19-17-20(27)10-13-25(19,23)2)22(24)9-7-18(24)5-3-4-12-26(28)15-16-26;2*1-2/h6,18,20-23,27-28H,3-5,7-17H2,1-2H3;2*1-2H3/t18-,20?,21?,22?,23?,24+,25?;;/m0../s1. The van der Waals surface area contributed by atoms with E-state index in [1.807, 2.05) is 27.7 Å². The number of hydrogen-bond donors (Lipinski definition) is 2. The van der Waals surface area contributed by atoms with Gasteiger partial charge in [0.05, 0.1) is 11.7 Å². The largest absolute Gasteiger partial charge is 0.393 e. The first kappa shape index (κ1) is 26.3. The lowest BCUT2D eigenvalue weighted by atomic mass is 9.47. The predicted octanol–water partition coefficient (Wildman–Crippen LogP) is 8.06. The number of aliphatic hydroxyl groups excluding tert-OH is 1. The van der Waals surface area contributed by atoms with Crippen LogP contribution in [0.4, 0.5) is 0 Å². The van der Waals surface area contributed by atoms with Gasteiger partial charge >= 0.3 is 0 Å². The zero-order valence-electron chi connectivity index (χ0n) is 22.3. The third kappa shape index (κ3) is 4.88. The second-order valence-corrected chi connectivity index (χ2v) is 11.9. The van der Waals surface area contributed by atoms with E-state index in [1.54, 1.807) is 5.57 Å². The number of unbranched alkanes of at least 4 members (excludes halogenated alkanes) is 1. The Kier molecular flexibility index (Phi) is 8.63. The van der Waals surface area contributed by atoms with Gasteiger partial charge in [-0.25, -0.2) is 0 Å². The minimum absolute atomic E-state index is 0.0886. The van der Waals surface area contributed by atoms with E-state index >= 15 is 0 Å². The lowest BCUT2D eigenvalue weighted by molar-refractivity contribution is -0.0509. The first-order valence-corrected chi connectivity index (χ1v) is 14.4. The molecule has 32 heavy (non-hydrogen) atoms. The van der Waals surface area contributed by atoms with Gasteiger partial charge in [0.2, 0.25) is 0 Å². The highest BCUT2D eigenvalue weighted by atomic mass is 16.3. The van der Waals surface area contributed by atoms with Crippen LogP contribution in [-0.4, -0.2) is 21.9 Å². The maximum atomic E-state index is 10.2. The number of aliphatic hydroxyl groups is 2. The van der Waals surface area contributed by atoms with Crippen molar-refractivity contribution < 1.29 is 10.2 Å². The number of rotatable bonds is 5. The zero-order chi connectivity index (χ0) is 23.6. The zero-order valence-corrected chi connectivity index (χ0v) is 22.3. The summed E-state index contributed by atoms with van der Waals surface area (Å²) in [7, 11) is 0. The molecule has 0 heterocycles. The molecule has 5 aliphatic carbocycles. The van der Waals surface area contributed by atoms with Crippen LogP contribution in [0, 0.1) is 34.5 Å². The fourth-order valence-corrected chi connectivity index (χ4v) is 8.46. The fourth-order valence-electron chi connectivity index (χ4n) is 8.46. The maximum Gasteiger partial charge on any atom is 0.0650 e. The van der Waals surface area contributed by atoms with Crippen molar-refractivity contribution in [2.75, 3.05) is 0 Å². The Morgan fingerprint density at radius 3 is 2.28 bits per heavy atom. The molecular weight excluding hydrogens is 392 g/mol. The van der Waals surface area contributed by atoms with Gasteiger partial charge in [-0.15, -0.1) is 0 Å². The number of hydrogen-bond acceptors (Lipinski definition) is 2. The molecule has 5 unspecified atom stereocenters. The van der Waals surface area contributed by atoms with Gasteiger partial charge < -0.3 is 10.2 Å². The van der Waals surface area contributed by atoms with Gasteiger partial charge in [0.25, 0.3) is 0 Å². The minimum atomic E-state index is -0.255. The summed E-state index contributed by atoms with van der Waals surface area (Å²) in [6, 6.07) is 0. The molecule has 5 aliphatic rings. The Labute approximate surface area is 199 Å². The summed E-state index contributed by atoms with van der Waals surface area (Å²) in [5, 5.41) is 20.3. The quantitative estimate of drug-likeness (QED) is 0.331. The molecule has 2 nitrogen and oxygen atoms in total. The Morgan fingerprint density at radius 2 is 1.59 bits per heavy atom. The van der Waals surface area contributed by atoms with Gasteiger partial charge in [0, 0.05) is 0 Å². The van der Waals surface area contributed by atoms with E-state index in [4.69, 9.17) is 0 Å². The lowest BCUT2D eigenvalue weighted by Crippen LogP contribution is -2.50. The Bertz CT molecular complexity index is 635. The molecule has 0 bridgehead atoms. The van der Waals surface area contributed by atoms with Crippen molar-refractivity contribution >= 4 is 0 Å². The number of allylic oxidation sites excluding steroid dienone is 1. The van der Waals surface area contributed by atoms with Crippen LogP contribution in [0.2, 0.25) is 0 Å². The molecular formula is C30H54O2. The molecule has 0 spiro atoms. The second kappa shape index (κ2) is 10.5. The fraction of sp³-hybridized carbons (Fsp3) is 0.933. The molecule has 186 valence electrons. The molecule has 0 aromatic carbocycles. The molecule has 7 atom stereocenters. The first-order valence-electron chi connectivity index (χ1n) is 14.4. The molecule has 0 aromatic heterocycles. The summed E-state index contributed by atoms with van der Waals surface area (Å²) in [5.41, 5.74) is 2.29. The van der Waals surface area contributed by atoms with E-state index in [9.17, 15) is 10.2 Å². The van der Waals surface area contributed by atoms with Crippen LogP contribution in [-0.2, 0) is 0 Å². The van der Waals surface area contributed by atoms with Gasteiger partial charge in [0.15, 0.2) is 0 Å². The van der Waals surface area contributed by atoms with E-state index < -0.39 is 0 Å². The molecule has 2 heteroatoms. The van der Waals surface area contributed by atoms with Crippen LogP contribution in [0.25, 0.3) is 0 Å². The smallest absolute Gasteiger partial charge is 0.0650 e. The van der Waals surface area contributed by atoms with Crippen molar-refractivity contribution in [2.45, 2.75) is 143 Å². The molecule has 5 rings (SSSR count). The van der Waals surface area contributed by atoms with Crippen molar-refractivity contribution in [3.05, 3.63) is 11.6 Å². The van der Waals surface area contributed by atoms with E-state index in [0.717, 1.165) is 55.8 Å². The average Bonchev–Trinajstić information content (AvgIpc) is 3.44. The summed E-state index contributed by atoms with van der Waals surface area (Å²) in [5.74, 6) is 3.59. The molecule has 0 aliphatic heterocycles. The van der Waals surface area contributed by atoms with Crippen LogP contribution in [0.3, 0.4) is 0 Å². The Morgan fingerprint density at radius 1 is 0.875 bits per heavy atom. The van der Waals surface area contributed by atoms with E-state index in [0.29, 0.717) is 10.8 Å². The highest BCUT2D eigenvalue weighted by Gasteiger charge is 2.58. The van der Waals surface area contributed by atoms with E-state index in [2.05, 4.69) is 19.9 Å². The maximum absolute atomic E-state index is 10.2. The summed E-state index contributed by atoms with van der Waals surface area (Å²) in [6.07, 6.45) is 19.7. The van der Waals surface area contributed by atoms with Gasteiger partial charge in [0.1, 0.15) is 0 Å². The van der Waals surface area contributed by atoms with Crippen molar-refractivity contribution in [3.63, 3.8) is 0 Å². The highest BCUT2D eigenvalue weighted by Crippen LogP contribution is 2.66. The molecule has 0 saturated heterocycles. The van der Waals surface area contributed by atoms with Crippen LogP contribution >= 0.6 is 0 Å². The molecule has 4 fully saturated rings. The van der Waals surface area contributed by atoms with Gasteiger partial charge in [-0.3, -0.25) is 0 Å². The van der Waals surface area contributed by atoms with Gasteiger partial charge in [-0.2, -0.15) is 0 Å². The second-order valence-electron chi connectivity index (χ2n) is 11.9. The van der Waals surface area contributed by atoms with Crippen molar-refractivity contribution in [1.29, 1.82) is 0 Å². The molecule has 2 N–H and O–H groups in total. The Balaban J connectivity index is 0.000000686. The lowest BCUT2D eigenvalue weighted by Gasteiger charge is -2.58. The van der Waals surface area contributed by atoms with Crippen LogP contribution < -0.4 is 0 Å². The van der Waals surface area contributed by atoms with Crippen LogP contribution in [0.1, 0.15) is 131 Å². The van der Waals surface area contributed by atoms with Gasteiger partial charge in [-0.1, -0.05) is 66.0 Å². The van der Waals surface area contributed by atoms with Crippen molar-refractivity contribution in [1.82, 2.24) is 0 Å². The Hall–Kier alpha value is -0.340. The molecule has 0 aromatic rings. The van der Waals surface area contributed by atoms with Crippen LogP contribution in [0.15, 0.2) is 11.6 Å². The summed E-state index contributed by atoms with van der Waals surface area (Å²) in [6.45, 7) is 13.2. The number of fused-ring (bicyclic) bond motifs is 5. The summed E-state index contributed by atoms with van der Waals surface area (Å²) >= 11 is 0. The van der Waals surface area contributed by atoms with Gasteiger partial charge in [-0.05, 0) is 112 Å². The van der Waals surface area contributed by atoms with E-state index in [1.165, 1.54) is 57.8 Å². The molecule has 0 amide bonds. The van der Waals surface area contributed by atoms with Crippen LogP contribution in [0.5, 0.6) is 0 Å². The summed E-state index contributed by atoms with van der Waals surface area (Å²) in [4.78, 5) is 0. The third-order valence-corrected chi connectivity index (χ3v) is 10.5. The summed E-state index contributed by atoms with van der Waals surface area (Å²) < 4.78 is 0. The monoisotopic (exact) mass is 446 g/mol. The SMILES string of the molecule is CC.CC.CC12CCC(O)CC1=CCC1C2CC[C@@]2(C)C1CC[C@@H]2CCCCC1(O)CC1. The predicted molar refractivity (Wildman–Crippen MR) is 137 cm³/mol. The normalized spacial score (nSPS) is 43.2. The topological polar surface area (TPSA) is 40.5 Å². The first-order chi connectivity index (χ1) is 15.3.